The van der Waals surface area contributed by atoms with Crippen LogP contribution in [0.15, 0.2) is 48.5 Å². The summed E-state index contributed by atoms with van der Waals surface area (Å²) in [5, 5.41) is 19.6. The van der Waals surface area contributed by atoms with E-state index in [2.05, 4.69) is 4.98 Å². The van der Waals surface area contributed by atoms with E-state index in [9.17, 15) is 9.90 Å². The zero-order valence-corrected chi connectivity index (χ0v) is 9.92. The number of phenolic OH excluding ortho intramolecular Hbond substituents is 1. The van der Waals surface area contributed by atoms with Crippen LogP contribution in [-0.4, -0.2) is 21.2 Å². The summed E-state index contributed by atoms with van der Waals surface area (Å²) in [6.45, 7) is 0. The van der Waals surface area contributed by atoms with Crippen LogP contribution in [0, 0.1) is 0 Å². The number of hydrogen-bond donors (Lipinski definition) is 3. The zero-order valence-electron chi connectivity index (χ0n) is 9.92. The molecule has 94 valence electrons. The number of H-pyrrole nitrogens is 1. The van der Waals surface area contributed by atoms with Gasteiger partial charge in [-0.15, -0.1) is 0 Å². The fraction of sp³-hybridized carbons (Fsp3) is 0. The summed E-state index contributed by atoms with van der Waals surface area (Å²) in [4.78, 5) is 14.1. The van der Waals surface area contributed by atoms with E-state index in [1.54, 1.807) is 36.4 Å². The fourth-order valence-electron chi connectivity index (χ4n) is 2.11. The molecule has 3 rings (SSSR count). The molecule has 0 amide bonds. The number of carbonyl (C=O) groups is 1. The van der Waals surface area contributed by atoms with Gasteiger partial charge in [-0.05, 0) is 36.4 Å². The van der Waals surface area contributed by atoms with Gasteiger partial charge in [-0.2, -0.15) is 0 Å². The Morgan fingerprint density at radius 2 is 1.84 bits per heavy atom. The summed E-state index contributed by atoms with van der Waals surface area (Å²) < 4.78 is 0. The maximum absolute atomic E-state index is 10.9. The lowest BCUT2D eigenvalue weighted by atomic mass is 10.1. The monoisotopic (exact) mass is 253 g/mol. The molecule has 4 nitrogen and oxygen atoms in total. The maximum atomic E-state index is 10.9. The number of aromatic amines is 1. The summed E-state index contributed by atoms with van der Waals surface area (Å²) in [5.41, 5.74) is 2.53. The quantitative estimate of drug-likeness (QED) is 0.656. The minimum absolute atomic E-state index is 0.188. The number of carboxylic acids is 1. The van der Waals surface area contributed by atoms with Gasteiger partial charge in [-0.1, -0.05) is 12.1 Å². The standard InChI is InChI=1S/C15H11NO3/c17-14-4-2-1-3-11(14)13-8-10-7-9(15(18)19)5-6-12(10)16-13/h1-8,16-17H,(H,18,19). The number of para-hydroxylation sites is 1. The van der Waals surface area contributed by atoms with E-state index in [4.69, 9.17) is 5.11 Å². The molecule has 4 heteroatoms. The van der Waals surface area contributed by atoms with Crippen molar-refractivity contribution in [2.45, 2.75) is 0 Å². The number of rotatable bonds is 2. The molecule has 0 saturated carbocycles. The van der Waals surface area contributed by atoms with Crippen LogP contribution in [0.3, 0.4) is 0 Å². The highest BCUT2D eigenvalue weighted by Gasteiger charge is 2.09. The molecule has 3 N–H and O–H groups in total. The maximum Gasteiger partial charge on any atom is 0.335 e. The van der Waals surface area contributed by atoms with E-state index in [0.717, 1.165) is 16.6 Å². The van der Waals surface area contributed by atoms with Crippen molar-refractivity contribution in [1.82, 2.24) is 4.98 Å². The van der Waals surface area contributed by atoms with Crippen molar-refractivity contribution in [1.29, 1.82) is 0 Å². The summed E-state index contributed by atoms with van der Waals surface area (Å²) in [5.74, 6) is -0.764. The molecule has 0 aliphatic carbocycles. The van der Waals surface area contributed by atoms with Crippen molar-refractivity contribution in [3.63, 3.8) is 0 Å². The number of phenols is 1. The Kier molecular flexibility index (Phi) is 2.49. The van der Waals surface area contributed by atoms with Crippen LogP contribution in [0.1, 0.15) is 10.4 Å². The zero-order chi connectivity index (χ0) is 13.4. The van der Waals surface area contributed by atoms with Crippen molar-refractivity contribution in [3.8, 4) is 17.0 Å². The molecule has 0 unspecified atom stereocenters. The van der Waals surface area contributed by atoms with E-state index >= 15 is 0 Å². The molecule has 0 spiro atoms. The van der Waals surface area contributed by atoms with Crippen LogP contribution in [0.25, 0.3) is 22.2 Å². The second-order valence-corrected chi connectivity index (χ2v) is 4.31. The van der Waals surface area contributed by atoms with E-state index in [0.29, 0.717) is 5.56 Å². The van der Waals surface area contributed by atoms with Crippen LogP contribution in [0.5, 0.6) is 5.75 Å². The van der Waals surface area contributed by atoms with Gasteiger partial charge in [0.1, 0.15) is 5.75 Å². The van der Waals surface area contributed by atoms with Crippen LogP contribution in [0.4, 0.5) is 0 Å². The van der Waals surface area contributed by atoms with Gasteiger partial charge >= 0.3 is 5.97 Å². The number of carboxylic acid groups (broad SMARTS) is 1. The molecule has 0 radical (unpaired) electrons. The molecule has 19 heavy (non-hydrogen) atoms. The number of fused-ring (bicyclic) bond motifs is 1. The lowest BCUT2D eigenvalue weighted by Crippen LogP contribution is -1.94. The van der Waals surface area contributed by atoms with Crippen LogP contribution in [0.2, 0.25) is 0 Å². The van der Waals surface area contributed by atoms with E-state index in [1.807, 2.05) is 12.1 Å². The second-order valence-electron chi connectivity index (χ2n) is 4.31. The van der Waals surface area contributed by atoms with Gasteiger partial charge in [0.15, 0.2) is 0 Å². The van der Waals surface area contributed by atoms with E-state index < -0.39 is 5.97 Å². The highest BCUT2D eigenvalue weighted by atomic mass is 16.4. The van der Waals surface area contributed by atoms with Crippen molar-refractivity contribution in [2.24, 2.45) is 0 Å². The normalized spacial score (nSPS) is 10.7. The Morgan fingerprint density at radius 1 is 1.05 bits per heavy atom. The topological polar surface area (TPSA) is 73.3 Å². The molecule has 3 aromatic rings. The highest BCUT2D eigenvalue weighted by Crippen LogP contribution is 2.30. The number of benzene rings is 2. The first-order valence-electron chi connectivity index (χ1n) is 5.79. The van der Waals surface area contributed by atoms with Crippen molar-refractivity contribution in [3.05, 3.63) is 54.1 Å². The Labute approximate surface area is 108 Å². The van der Waals surface area contributed by atoms with Crippen molar-refractivity contribution >= 4 is 16.9 Å². The molecule has 1 aromatic heterocycles. The SMILES string of the molecule is O=C(O)c1ccc2[nH]c(-c3ccccc3O)cc2c1. The van der Waals surface area contributed by atoms with Gasteiger partial charge < -0.3 is 15.2 Å². The second kappa shape index (κ2) is 4.17. The minimum atomic E-state index is -0.952. The molecule has 0 fully saturated rings. The molecular formula is C15H11NO3. The Hall–Kier alpha value is -2.75. The molecule has 0 bridgehead atoms. The fourth-order valence-corrected chi connectivity index (χ4v) is 2.11. The summed E-state index contributed by atoms with van der Waals surface area (Å²) in [6, 6.07) is 13.7. The van der Waals surface area contributed by atoms with E-state index in [1.165, 1.54) is 0 Å². The van der Waals surface area contributed by atoms with Crippen LogP contribution < -0.4 is 0 Å². The third-order valence-electron chi connectivity index (χ3n) is 3.06. The average Bonchev–Trinajstić information content (AvgIpc) is 2.81. The molecule has 0 aliphatic rings. The lowest BCUT2D eigenvalue weighted by Gasteiger charge is -2.00. The third kappa shape index (κ3) is 1.93. The Morgan fingerprint density at radius 3 is 2.58 bits per heavy atom. The summed E-state index contributed by atoms with van der Waals surface area (Å²) in [7, 11) is 0. The molecule has 0 atom stereocenters. The first kappa shape index (κ1) is 11.3. The largest absolute Gasteiger partial charge is 0.507 e. The predicted molar refractivity (Wildman–Crippen MR) is 72.4 cm³/mol. The van der Waals surface area contributed by atoms with Gasteiger partial charge in [0, 0.05) is 16.5 Å². The number of aromatic carboxylic acids is 1. The first-order valence-corrected chi connectivity index (χ1v) is 5.79. The third-order valence-corrected chi connectivity index (χ3v) is 3.06. The van der Waals surface area contributed by atoms with Crippen molar-refractivity contribution in [2.75, 3.05) is 0 Å². The Bertz CT molecular complexity index is 774. The van der Waals surface area contributed by atoms with Gasteiger partial charge in [0.2, 0.25) is 0 Å². The van der Waals surface area contributed by atoms with Gasteiger partial charge in [-0.3, -0.25) is 0 Å². The highest BCUT2D eigenvalue weighted by molar-refractivity contribution is 5.95. The van der Waals surface area contributed by atoms with Gasteiger partial charge in [0.25, 0.3) is 0 Å². The summed E-state index contributed by atoms with van der Waals surface area (Å²) >= 11 is 0. The number of nitrogens with one attached hydrogen (secondary N) is 1. The van der Waals surface area contributed by atoms with Crippen molar-refractivity contribution < 1.29 is 15.0 Å². The summed E-state index contributed by atoms with van der Waals surface area (Å²) in [6.07, 6.45) is 0. The van der Waals surface area contributed by atoms with E-state index in [-0.39, 0.29) is 11.3 Å². The predicted octanol–water partition coefficient (Wildman–Crippen LogP) is 3.24. The van der Waals surface area contributed by atoms with Gasteiger partial charge in [-0.25, -0.2) is 4.79 Å². The van der Waals surface area contributed by atoms with Crippen LogP contribution >= 0.6 is 0 Å². The van der Waals surface area contributed by atoms with Crippen LogP contribution in [-0.2, 0) is 0 Å². The number of aromatic hydroxyl groups is 1. The molecule has 0 aliphatic heterocycles. The van der Waals surface area contributed by atoms with Gasteiger partial charge in [0.05, 0.1) is 11.3 Å². The minimum Gasteiger partial charge on any atom is -0.507 e. The molecule has 1 heterocycles. The smallest absolute Gasteiger partial charge is 0.335 e. The Balaban J connectivity index is 2.17. The molecule has 2 aromatic carbocycles. The number of hydrogen-bond acceptors (Lipinski definition) is 2. The first-order chi connectivity index (χ1) is 9.15. The molecular weight excluding hydrogens is 242 g/mol. The number of aromatic nitrogens is 1. The average molecular weight is 253 g/mol. The molecule has 0 saturated heterocycles. The lowest BCUT2D eigenvalue weighted by molar-refractivity contribution is 0.0697.